The van der Waals surface area contributed by atoms with E-state index in [-0.39, 0.29) is 5.91 Å². The number of benzene rings is 1. The minimum absolute atomic E-state index is 0.271. The van der Waals surface area contributed by atoms with Gasteiger partial charge in [0.1, 0.15) is 5.69 Å². The molecular weight excluding hydrogens is 306 g/mol. The molecule has 1 amide bonds. The minimum atomic E-state index is -0.271. The van der Waals surface area contributed by atoms with E-state index in [9.17, 15) is 4.79 Å². The zero-order valence-electron chi connectivity index (χ0n) is 10.7. The Kier molecular flexibility index (Phi) is 4.16. The Hall–Kier alpha value is -1.88. The highest BCUT2D eigenvalue weighted by Crippen LogP contribution is 2.10. The number of carbonyl (C=O) groups is 1. The Labute approximate surface area is 120 Å². The fourth-order valence-electron chi connectivity index (χ4n) is 1.62. The van der Waals surface area contributed by atoms with E-state index in [1.807, 2.05) is 32.0 Å². The Morgan fingerprint density at radius 3 is 2.84 bits per heavy atom. The molecule has 0 radical (unpaired) electrons. The second-order valence-corrected chi connectivity index (χ2v) is 5.21. The molecule has 0 aliphatic heterocycles. The molecule has 1 heterocycles. The van der Waals surface area contributed by atoms with Gasteiger partial charge in [-0.25, -0.2) is 5.43 Å². The van der Waals surface area contributed by atoms with Gasteiger partial charge in [-0.2, -0.15) is 5.10 Å². The van der Waals surface area contributed by atoms with E-state index in [2.05, 4.69) is 31.4 Å². The maximum atomic E-state index is 11.7. The quantitative estimate of drug-likeness (QED) is 0.662. The number of amides is 1. The van der Waals surface area contributed by atoms with E-state index < -0.39 is 0 Å². The average molecular weight is 320 g/mol. The summed E-state index contributed by atoms with van der Waals surface area (Å²) in [5, 5.41) is 3.97. The van der Waals surface area contributed by atoms with Crippen molar-refractivity contribution >= 4 is 28.1 Å². The van der Waals surface area contributed by atoms with Crippen molar-refractivity contribution < 1.29 is 4.79 Å². The van der Waals surface area contributed by atoms with E-state index in [1.54, 1.807) is 18.5 Å². The molecule has 0 atom stereocenters. The lowest BCUT2D eigenvalue weighted by atomic mass is 10.1. The van der Waals surface area contributed by atoms with Crippen molar-refractivity contribution in [2.45, 2.75) is 13.8 Å². The predicted molar refractivity (Wildman–Crippen MR) is 79.5 cm³/mol. The Balaban J connectivity index is 2.04. The molecule has 1 aromatic carbocycles. The zero-order valence-corrected chi connectivity index (χ0v) is 12.3. The van der Waals surface area contributed by atoms with Crippen LogP contribution in [0.2, 0.25) is 0 Å². The van der Waals surface area contributed by atoms with Crippen LogP contribution in [0.15, 0.2) is 40.0 Å². The summed E-state index contributed by atoms with van der Waals surface area (Å²) in [6.07, 6.45) is 3.35. The van der Waals surface area contributed by atoms with Crippen LogP contribution in [-0.4, -0.2) is 17.1 Å². The van der Waals surface area contributed by atoms with Crippen LogP contribution in [0, 0.1) is 13.8 Å². The van der Waals surface area contributed by atoms with Gasteiger partial charge in [-0.05, 0) is 47.0 Å². The smallest absolute Gasteiger partial charge is 0.287 e. The second-order valence-electron chi connectivity index (χ2n) is 4.29. The highest BCUT2D eigenvalue weighted by molar-refractivity contribution is 9.10. The van der Waals surface area contributed by atoms with Gasteiger partial charge in [-0.15, -0.1) is 0 Å². The molecule has 2 aromatic rings. The fourth-order valence-corrected chi connectivity index (χ4v) is 1.96. The summed E-state index contributed by atoms with van der Waals surface area (Å²) in [6.45, 7) is 4.02. The van der Waals surface area contributed by atoms with E-state index in [1.165, 1.54) is 0 Å². The van der Waals surface area contributed by atoms with Crippen LogP contribution in [0.3, 0.4) is 0 Å². The normalized spacial score (nSPS) is 10.9. The summed E-state index contributed by atoms with van der Waals surface area (Å²) < 4.78 is 0.830. The number of nitrogens with zero attached hydrogens (tertiary/aromatic N) is 1. The van der Waals surface area contributed by atoms with Crippen LogP contribution in [0.25, 0.3) is 0 Å². The molecule has 98 valence electrons. The summed E-state index contributed by atoms with van der Waals surface area (Å²) in [5.74, 6) is -0.271. The Morgan fingerprint density at radius 2 is 2.16 bits per heavy atom. The molecule has 2 N–H and O–H groups in total. The number of hydrogen-bond donors (Lipinski definition) is 2. The molecule has 0 aliphatic carbocycles. The number of aromatic nitrogens is 1. The molecule has 2 rings (SSSR count). The molecule has 0 aliphatic rings. The maximum Gasteiger partial charge on any atom is 0.287 e. The van der Waals surface area contributed by atoms with Gasteiger partial charge in [0.2, 0.25) is 0 Å². The third kappa shape index (κ3) is 3.54. The van der Waals surface area contributed by atoms with Gasteiger partial charge in [0.25, 0.3) is 5.91 Å². The van der Waals surface area contributed by atoms with E-state index in [0.29, 0.717) is 5.69 Å². The van der Waals surface area contributed by atoms with Crippen LogP contribution in [0.4, 0.5) is 0 Å². The van der Waals surface area contributed by atoms with E-state index >= 15 is 0 Å². The number of aryl methyl sites for hydroxylation is 2. The lowest BCUT2D eigenvalue weighted by Crippen LogP contribution is -2.17. The third-order valence-electron chi connectivity index (χ3n) is 2.70. The van der Waals surface area contributed by atoms with Crippen LogP contribution in [0.1, 0.15) is 27.2 Å². The second kappa shape index (κ2) is 5.84. The van der Waals surface area contributed by atoms with Crippen molar-refractivity contribution in [3.8, 4) is 0 Å². The number of hydrogen-bond acceptors (Lipinski definition) is 2. The Bertz CT molecular complexity index is 631. The summed E-state index contributed by atoms with van der Waals surface area (Å²) in [6, 6.07) is 7.79. The van der Waals surface area contributed by atoms with Gasteiger partial charge < -0.3 is 4.98 Å². The molecule has 19 heavy (non-hydrogen) atoms. The monoisotopic (exact) mass is 319 g/mol. The summed E-state index contributed by atoms with van der Waals surface area (Å²) in [4.78, 5) is 14.6. The predicted octanol–water partition coefficient (Wildman–Crippen LogP) is 3.16. The third-order valence-corrected chi connectivity index (χ3v) is 3.15. The van der Waals surface area contributed by atoms with Gasteiger partial charge >= 0.3 is 0 Å². The lowest BCUT2D eigenvalue weighted by Gasteiger charge is -2.01. The first-order valence-corrected chi connectivity index (χ1v) is 6.60. The van der Waals surface area contributed by atoms with Gasteiger partial charge in [0, 0.05) is 10.7 Å². The highest BCUT2D eigenvalue weighted by atomic mass is 79.9. The van der Waals surface area contributed by atoms with Crippen LogP contribution >= 0.6 is 15.9 Å². The summed E-state index contributed by atoms with van der Waals surface area (Å²) in [7, 11) is 0. The van der Waals surface area contributed by atoms with Crippen molar-refractivity contribution in [2.75, 3.05) is 0 Å². The summed E-state index contributed by atoms with van der Waals surface area (Å²) >= 11 is 3.27. The molecular formula is C14H14BrN3O. The molecule has 0 unspecified atom stereocenters. The maximum absolute atomic E-state index is 11.7. The first-order valence-electron chi connectivity index (χ1n) is 5.81. The molecule has 0 fully saturated rings. The molecule has 1 aromatic heterocycles. The Morgan fingerprint density at radius 1 is 1.37 bits per heavy atom. The van der Waals surface area contributed by atoms with Gasteiger partial charge in [0.15, 0.2) is 0 Å². The van der Waals surface area contributed by atoms with Gasteiger partial charge in [0.05, 0.1) is 6.21 Å². The van der Waals surface area contributed by atoms with Crippen molar-refractivity contribution in [2.24, 2.45) is 5.10 Å². The molecule has 0 spiro atoms. The number of H-pyrrole nitrogens is 1. The number of aromatic amines is 1. The van der Waals surface area contributed by atoms with Crippen LogP contribution < -0.4 is 5.43 Å². The van der Waals surface area contributed by atoms with Crippen LogP contribution in [0.5, 0.6) is 0 Å². The number of carbonyl (C=O) groups excluding carboxylic acids is 1. The first kappa shape index (κ1) is 13.5. The highest BCUT2D eigenvalue weighted by Gasteiger charge is 2.05. The van der Waals surface area contributed by atoms with Crippen molar-refractivity contribution in [1.82, 2.24) is 10.4 Å². The zero-order chi connectivity index (χ0) is 13.8. The van der Waals surface area contributed by atoms with Gasteiger partial charge in [-0.3, -0.25) is 4.79 Å². The van der Waals surface area contributed by atoms with E-state index in [0.717, 1.165) is 21.2 Å². The number of rotatable bonds is 3. The standard InChI is InChI=1S/C14H14BrN3O/c1-9-3-4-10(2)11(5-9)7-17-18-14(19)13-6-12(15)8-16-13/h3-8,16H,1-2H3,(H,18,19)/b17-7-. The SMILES string of the molecule is Cc1ccc(C)c(/C=N\NC(=O)c2cc(Br)c[nH]2)c1. The molecule has 4 nitrogen and oxygen atoms in total. The van der Waals surface area contributed by atoms with Crippen molar-refractivity contribution in [3.05, 3.63) is 57.3 Å². The largest absolute Gasteiger partial charge is 0.356 e. The first-order chi connectivity index (χ1) is 9.06. The molecule has 0 saturated carbocycles. The summed E-state index contributed by atoms with van der Waals surface area (Å²) in [5.41, 5.74) is 6.22. The van der Waals surface area contributed by atoms with Crippen molar-refractivity contribution in [3.63, 3.8) is 0 Å². The van der Waals surface area contributed by atoms with Crippen LogP contribution in [-0.2, 0) is 0 Å². The average Bonchev–Trinajstić information content (AvgIpc) is 2.80. The minimum Gasteiger partial charge on any atom is -0.356 e. The molecule has 5 heteroatoms. The molecule has 0 bridgehead atoms. The number of nitrogens with one attached hydrogen (secondary N) is 2. The number of halogens is 1. The number of hydrazone groups is 1. The van der Waals surface area contributed by atoms with E-state index in [4.69, 9.17) is 0 Å². The van der Waals surface area contributed by atoms with Crippen molar-refractivity contribution in [1.29, 1.82) is 0 Å². The van der Waals surface area contributed by atoms with Gasteiger partial charge in [-0.1, -0.05) is 23.8 Å². The lowest BCUT2D eigenvalue weighted by molar-refractivity contribution is 0.0951. The molecule has 0 saturated heterocycles. The topological polar surface area (TPSA) is 57.2 Å². The fraction of sp³-hybridized carbons (Fsp3) is 0.143.